The molecule has 1 heterocycles. The summed E-state index contributed by atoms with van der Waals surface area (Å²) in [5.41, 5.74) is 4.14. The zero-order valence-corrected chi connectivity index (χ0v) is 19.5. The lowest BCUT2D eigenvalue weighted by molar-refractivity contribution is -0.122. The van der Waals surface area contributed by atoms with Gasteiger partial charge in [0.2, 0.25) is 5.91 Å². The smallest absolute Gasteiger partial charge is 0.253 e. The first-order valence-corrected chi connectivity index (χ1v) is 11.4. The minimum atomic E-state index is -0.733. The van der Waals surface area contributed by atoms with Gasteiger partial charge in [0.05, 0.1) is 22.8 Å². The molecule has 0 fully saturated rings. The second-order valence-electron chi connectivity index (χ2n) is 7.94. The molecule has 0 aliphatic rings. The van der Waals surface area contributed by atoms with Crippen molar-refractivity contribution in [2.75, 3.05) is 0 Å². The van der Waals surface area contributed by atoms with Gasteiger partial charge < -0.3 is 10.6 Å². The number of carbonyl (C=O) groups excluding carboxylic acids is 2. The number of nitrogens with one attached hydrogen (secondary N) is 2. The SMILES string of the molecule is CC(NC(=O)c1ccccc1Cl)C(=O)NCc1cn(Cc2ccccc2)nc1-c1ccccc1. The first kappa shape index (κ1) is 23.3. The summed E-state index contributed by atoms with van der Waals surface area (Å²) in [5, 5.41) is 10.7. The summed E-state index contributed by atoms with van der Waals surface area (Å²) in [6.45, 7) is 2.55. The Morgan fingerprint density at radius 1 is 0.941 bits per heavy atom. The molecule has 3 aromatic carbocycles. The van der Waals surface area contributed by atoms with Gasteiger partial charge in [0.15, 0.2) is 0 Å². The van der Waals surface area contributed by atoms with E-state index < -0.39 is 11.9 Å². The number of rotatable bonds is 8. The van der Waals surface area contributed by atoms with Crippen molar-refractivity contribution in [1.29, 1.82) is 0 Å². The number of benzene rings is 3. The molecule has 4 aromatic rings. The molecule has 2 amide bonds. The number of aromatic nitrogens is 2. The number of carbonyl (C=O) groups is 2. The van der Waals surface area contributed by atoms with Crippen molar-refractivity contribution in [2.45, 2.75) is 26.1 Å². The molecule has 0 bridgehead atoms. The van der Waals surface area contributed by atoms with Crippen LogP contribution >= 0.6 is 11.6 Å². The third-order valence-electron chi connectivity index (χ3n) is 5.38. The van der Waals surface area contributed by atoms with Crippen LogP contribution in [-0.4, -0.2) is 27.6 Å². The van der Waals surface area contributed by atoms with Gasteiger partial charge in [-0.25, -0.2) is 0 Å². The van der Waals surface area contributed by atoms with Gasteiger partial charge in [-0.3, -0.25) is 14.3 Å². The lowest BCUT2D eigenvalue weighted by atomic mass is 10.1. The Kier molecular flexibility index (Phi) is 7.40. The van der Waals surface area contributed by atoms with E-state index in [0.29, 0.717) is 17.1 Å². The maximum atomic E-state index is 12.7. The van der Waals surface area contributed by atoms with E-state index in [9.17, 15) is 9.59 Å². The number of hydrogen-bond donors (Lipinski definition) is 2. The highest BCUT2D eigenvalue weighted by molar-refractivity contribution is 6.33. The van der Waals surface area contributed by atoms with Crippen molar-refractivity contribution in [1.82, 2.24) is 20.4 Å². The highest BCUT2D eigenvalue weighted by atomic mass is 35.5. The number of nitrogens with zero attached hydrogens (tertiary/aromatic N) is 2. The highest BCUT2D eigenvalue weighted by Crippen LogP contribution is 2.22. The molecule has 1 unspecified atom stereocenters. The van der Waals surface area contributed by atoms with Crippen LogP contribution in [0.5, 0.6) is 0 Å². The lowest BCUT2D eigenvalue weighted by Gasteiger charge is -2.14. The number of amides is 2. The molecule has 0 aliphatic heterocycles. The van der Waals surface area contributed by atoms with Gasteiger partial charge in [0, 0.05) is 23.9 Å². The van der Waals surface area contributed by atoms with Gasteiger partial charge in [0.1, 0.15) is 6.04 Å². The van der Waals surface area contributed by atoms with Crippen molar-refractivity contribution in [2.24, 2.45) is 0 Å². The van der Waals surface area contributed by atoms with Crippen LogP contribution in [0, 0.1) is 0 Å². The molecule has 7 heteroatoms. The van der Waals surface area contributed by atoms with E-state index in [1.54, 1.807) is 31.2 Å². The van der Waals surface area contributed by atoms with Crippen LogP contribution in [0.25, 0.3) is 11.3 Å². The van der Waals surface area contributed by atoms with Crippen LogP contribution < -0.4 is 10.6 Å². The second-order valence-corrected chi connectivity index (χ2v) is 8.35. The topological polar surface area (TPSA) is 76.0 Å². The van der Waals surface area contributed by atoms with Crippen LogP contribution in [0.1, 0.15) is 28.4 Å². The zero-order valence-electron chi connectivity index (χ0n) is 18.7. The van der Waals surface area contributed by atoms with Gasteiger partial charge in [-0.1, -0.05) is 84.4 Å². The van der Waals surface area contributed by atoms with Gasteiger partial charge in [-0.05, 0) is 24.6 Å². The van der Waals surface area contributed by atoms with Gasteiger partial charge >= 0.3 is 0 Å². The molecule has 172 valence electrons. The van der Waals surface area contributed by atoms with E-state index in [0.717, 1.165) is 22.4 Å². The molecule has 4 rings (SSSR count). The van der Waals surface area contributed by atoms with Crippen LogP contribution in [0.2, 0.25) is 5.02 Å². The summed E-state index contributed by atoms with van der Waals surface area (Å²) in [5.74, 6) is -0.691. The first-order valence-electron chi connectivity index (χ1n) is 11.0. The van der Waals surface area contributed by atoms with E-state index in [4.69, 9.17) is 16.7 Å². The Morgan fingerprint density at radius 2 is 1.59 bits per heavy atom. The normalized spacial score (nSPS) is 11.6. The number of hydrogen-bond acceptors (Lipinski definition) is 3. The predicted octanol–water partition coefficient (Wildman–Crippen LogP) is 4.69. The molecule has 34 heavy (non-hydrogen) atoms. The Labute approximate surface area is 203 Å². The van der Waals surface area contributed by atoms with Gasteiger partial charge in [-0.15, -0.1) is 0 Å². The van der Waals surface area contributed by atoms with E-state index in [-0.39, 0.29) is 12.5 Å². The molecule has 1 atom stereocenters. The van der Waals surface area contributed by atoms with Crippen LogP contribution in [0.15, 0.2) is 91.1 Å². The van der Waals surface area contributed by atoms with Crippen molar-refractivity contribution in [3.63, 3.8) is 0 Å². The summed E-state index contributed by atoms with van der Waals surface area (Å²) >= 11 is 6.09. The van der Waals surface area contributed by atoms with E-state index in [1.165, 1.54) is 0 Å². The maximum absolute atomic E-state index is 12.7. The molecule has 0 saturated heterocycles. The van der Waals surface area contributed by atoms with Gasteiger partial charge in [0.25, 0.3) is 5.91 Å². The molecule has 1 aromatic heterocycles. The third kappa shape index (κ3) is 5.71. The average Bonchev–Trinajstić information content (AvgIpc) is 3.26. The quantitative estimate of drug-likeness (QED) is 0.390. The molecular weight excluding hydrogens is 448 g/mol. The van der Waals surface area contributed by atoms with Gasteiger partial charge in [-0.2, -0.15) is 5.10 Å². The third-order valence-corrected chi connectivity index (χ3v) is 5.71. The summed E-state index contributed by atoms with van der Waals surface area (Å²) < 4.78 is 1.88. The minimum Gasteiger partial charge on any atom is -0.350 e. The Bertz CT molecular complexity index is 1270. The fourth-order valence-corrected chi connectivity index (χ4v) is 3.82. The van der Waals surface area contributed by atoms with Crippen LogP contribution in [0.4, 0.5) is 0 Å². The molecular formula is C27H25ClN4O2. The summed E-state index contributed by atoms with van der Waals surface area (Å²) in [6.07, 6.45) is 1.95. The number of halogens is 1. The van der Waals surface area contributed by atoms with Crippen molar-refractivity contribution in [3.05, 3.63) is 113 Å². The highest BCUT2D eigenvalue weighted by Gasteiger charge is 2.19. The van der Waals surface area contributed by atoms with Crippen LogP contribution in [-0.2, 0) is 17.9 Å². The predicted molar refractivity (Wildman–Crippen MR) is 133 cm³/mol. The Balaban J connectivity index is 1.46. The average molecular weight is 473 g/mol. The molecule has 0 spiro atoms. The monoisotopic (exact) mass is 472 g/mol. The van der Waals surface area contributed by atoms with Crippen molar-refractivity contribution >= 4 is 23.4 Å². The Morgan fingerprint density at radius 3 is 2.29 bits per heavy atom. The largest absolute Gasteiger partial charge is 0.350 e. The molecule has 0 aliphatic carbocycles. The summed E-state index contributed by atoms with van der Waals surface area (Å²) in [7, 11) is 0. The van der Waals surface area contributed by atoms with E-state index in [2.05, 4.69) is 22.8 Å². The molecule has 0 radical (unpaired) electrons. The lowest BCUT2D eigenvalue weighted by Crippen LogP contribution is -2.44. The molecule has 0 saturated carbocycles. The summed E-state index contributed by atoms with van der Waals surface area (Å²) in [6, 6.07) is 25.9. The van der Waals surface area contributed by atoms with Crippen molar-refractivity contribution in [3.8, 4) is 11.3 Å². The van der Waals surface area contributed by atoms with Crippen molar-refractivity contribution < 1.29 is 9.59 Å². The Hall–Kier alpha value is -3.90. The second kappa shape index (κ2) is 10.8. The van der Waals surface area contributed by atoms with E-state index >= 15 is 0 Å². The first-order chi connectivity index (χ1) is 16.5. The fourth-order valence-electron chi connectivity index (χ4n) is 3.60. The summed E-state index contributed by atoms with van der Waals surface area (Å²) in [4.78, 5) is 25.2. The van der Waals surface area contributed by atoms with Crippen LogP contribution in [0.3, 0.4) is 0 Å². The fraction of sp³-hybridized carbons (Fsp3) is 0.148. The zero-order chi connectivity index (χ0) is 23.9. The molecule has 2 N–H and O–H groups in total. The maximum Gasteiger partial charge on any atom is 0.253 e. The standard InChI is InChI=1S/C27H25ClN4O2/c1-19(30-27(34)23-14-8-9-15-24(23)28)26(33)29-16-22-18-32(17-20-10-4-2-5-11-20)31-25(22)21-12-6-3-7-13-21/h2-15,18-19H,16-17H2,1H3,(H,29,33)(H,30,34). The van der Waals surface area contributed by atoms with E-state index in [1.807, 2.05) is 59.4 Å². The minimum absolute atomic E-state index is 0.282. The molecule has 6 nitrogen and oxygen atoms in total.